The lowest BCUT2D eigenvalue weighted by Crippen LogP contribution is -2.57. The number of aryl methyl sites for hydroxylation is 2. The van der Waals surface area contributed by atoms with Gasteiger partial charge in [0.05, 0.1) is 155 Å². The minimum Gasteiger partial charge on any atom is -0.388 e. The van der Waals surface area contributed by atoms with Crippen LogP contribution in [0.3, 0.4) is 0 Å². The van der Waals surface area contributed by atoms with E-state index in [1.807, 2.05) is 12.4 Å². The highest BCUT2D eigenvalue weighted by Gasteiger charge is 2.41. The standard InChI is InChI=1S/C50H76F6N12O14/c1-34(4-2-6-35-28-67(65-63-35)12-14-73-16-18-75-20-22-77-24-26-79-32-39-45(71)43(69)37(30-81-39)59-47-57-10-8-41(61-47)49(51,52)53)5-3-7-36-29-68(66-64-36)13-15-74-17-19-76-21-23-78-25-27-80-33-40-46(72)44(70)38(31-82-40)60-48-58-11-9-42(62-48)50(54,55)56/h8-11,28-29,34,37-40,43-46,69-72H,2-7,12-27,30-33H2,1H3,(H,57,59,61)(H,58,60,62)/t37-,38-,39+,40+,43+,44+,45-,46-/m0/s1. The largest absolute Gasteiger partial charge is 0.433 e. The number of nitrogens with zero attached hydrogens (tertiary/aromatic N) is 10. The number of hydrogen-bond acceptors (Lipinski definition) is 24. The lowest BCUT2D eigenvalue weighted by molar-refractivity contribution is -0.161. The number of halogens is 6. The molecular formula is C50H76F6N12O14. The molecule has 2 fully saturated rings. The van der Waals surface area contributed by atoms with Crippen LogP contribution in [0, 0.1) is 5.92 Å². The number of aliphatic hydroxyl groups is 4. The summed E-state index contributed by atoms with van der Waals surface area (Å²) in [7, 11) is 0. The molecular weight excluding hydrogens is 1110 g/mol. The van der Waals surface area contributed by atoms with Crippen LogP contribution >= 0.6 is 0 Å². The van der Waals surface area contributed by atoms with E-state index < -0.39 is 72.4 Å². The van der Waals surface area contributed by atoms with Crippen LogP contribution in [-0.2, 0) is 85.7 Å². The number of aromatic nitrogens is 10. The van der Waals surface area contributed by atoms with Crippen molar-refractivity contribution in [1.29, 1.82) is 0 Å². The zero-order valence-electron chi connectivity index (χ0n) is 45.7. The van der Waals surface area contributed by atoms with E-state index >= 15 is 0 Å². The van der Waals surface area contributed by atoms with E-state index in [1.54, 1.807) is 9.36 Å². The lowest BCUT2D eigenvalue weighted by atomic mass is 9.97. The molecule has 8 atom stereocenters. The van der Waals surface area contributed by atoms with Crippen molar-refractivity contribution in [3.8, 4) is 0 Å². The van der Waals surface area contributed by atoms with Crippen molar-refractivity contribution in [1.82, 2.24) is 49.9 Å². The van der Waals surface area contributed by atoms with E-state index in [-0.39, 0.29) is 64.8 Å². The summed E-state index contributed by atoms with van der Waals surface area (Å²) in [6, 6.07) is -0.414. The first-order chi connectivity index (χ1) is 39.5. The molecule has 0 bridgehead atoms. The predicted octanol–water partition coefficient (Wildman–Crippen LogP) is 1.80. The lowest BCUT2D eigenvalue weighted by Gasteiger charge is -2.37. The number of ether oxygens (including phenoxy) is 10. The third kappa shape index (κ3) is 24.0. The second kappa shape index (κ2) is 35.4. The van der Waals surface area contributed by atoms with Gasteiger partial charge in [0.25, 0.3) is 0 Å². The monoisotopic (exact) mass is 1180 g/mol. The molecule has 0 saturated carbocycles. The first kappa shape index (κ1) is 66.2. The fraction of sp³-hybridized carbons (Fsp3) is 0.760. The molecule has 4 aromatic heterocycles. The Morgan fingerprint density at radius 1 is 0.537 bits per heavy atom. The van der Waals surface area contributed by atoms with Gasteiger partial charge in [0.2, 0.25) is 11.9 Å². The third-order valence-corrected chi connectivity index (χ3v) is 12.9. The van der Waals surface area contributed by atoms with Crippen molar-refractivity contribution in [3.05, 3.63) is 59.7 Å². The van der Waals surface area contributed by atoms with Crippen LogP contribution < -0.4 is 10.6 Å². The molecule has 26 nitrogen and oxygen atoms in total. The number of alkyl halides is 6. The maximum atomic E-state index is 13.0. The highest BCUT2D eigenvalue weighted by atomic mass is 19.4. The average molecular weight is 1180 g/mol. The Balaban J connectivity index is 0.660. The molecule has 0 amide bonds. The summed E-state index contributed by atoms with van der Waals surface area (Å²) in [5.41, 5.74) is -0.391. The second-order valence-corrected chi connectivity index (χ2v) is 19.4. The van der Waals surface area contributed by atoms with Crippen LogP contribution in [0.2, 0.25) is 0 Å². The zero-order chi connectivity index (χ0) is 58.6. The normalized spacial score (nSPS) is 21.6. The van der Waals surface area contributed by atoms with Gasteiger partial charge in [-0.2, -0.15) is 26.3 Å². The van der Waals surface area contributed by atoms with E-state index in [4.69, 9.17) is 47.4 Å². The molecule has 2 aliphatic rings. The Hall–Kier alpha value is -4.94. The summed E-state index contributed by atoms with van der Waals surface area (Å²) in [5.74, 6) is -0.148. The minimum atomic E-state index is -4.66. The molecule has 0 radical (unpaired) electrons. The van der Waals surface area contributed by atoms with Crippen molar-refractivity contribution in [2.24, 2.45) is 5.92 Å². The first-order valence-electron chi connectivity index (χ1n) is 27.2. The van der Waals surface area contributed by atoms with E-state index in [2.05, 4.69) is 58.1 Å². The van der Waals surface area contributed by atoms with Gasteiger partial charge in [0.15, 0.2) is 0 Å². The zero-order valence-corrected chi connectivity index (χ0v) is 45.7. The average Bonchev–Trinajstić information content (AvgIpc) is 4.15. The van der Waals surface area contributed by atoms with E-state index in [1.165, 1.54) is 0 Å². The SMILES string of the molecule is CC(CCCc1cn(CCOCCOCCOCCOC[C@H]2OC[C@H](Nc3nccc(C(F)(F)F)n3)[C@@H](O)[C@H]2O)nn1)CCCc1cn(CCOCCOCCOCCOC[C@H]2OC[C@H](Nc3nccc(C(F)(F)F)n3)[C@@H](O)[C@H]2O)nn1. The van der Waals surface area contributed by atoms with Crippen LogP contribution in [0.15, 0.2) is 36.9 Å². The summed E-state index contributed by atoms with van der Waals surface area (Å²) in [4.78, 5) is 14.3. The molecule has 0 spiro atoms. The van der Waals surface area contributed by atoms with Crippen LogP contribution in [0.25, 0.3) is 0 Å². The molecule has 4 aromatic rings. The summed E-state index contributed by atoms with van der Waals surface area (Å²) in [6.45, 7) is 7.87. The Bertz CT molecular complexity index is 2210. The van der Waals surface area contributed by atoms with Gasteiger partial charge in [-0.15, -0.1) is 10.2 Å². The molecule has 2 saturated heterocycles. The molecule has 82 heavy (non-hydrogen) atoms. The van der Waals surface area contributed by atoms with E-state index in [0.29, 0.717) is 85.1 Å². The molecule has 32 heteroatoms. The van der Waals surface area contributed by atoms with Crippen molar-refractivity contribution in [3.63, 3.8) is 0 Å². The molecule has 2 aliphatic heterocycles. The van der Waals surface area contributed by atoms with Gasteiger partial charge in [-0.05, 0) is 43.7 Å². The predicted molar refractivity (Wildman–Crippen MR) is 274 cm³/mol. The smallest absolute Gasteiger partial charge is 0.388 e. The molecule has 6 heterocycles. The fourth-order valence-corrected chi connectivity index (χ4v) is 8.38. The maximum absolute atomic E-state index is 13.0. The summed E-state index contributed by atoms with van der Waals surface area (Å²) >= 11 is 0. The Morgan fingerprint density at radius 3 is 1.26 bits per heavy atom. The van der Waals surface area contributed by atoms with E-state index in [0.717, 1.165) is 74.4 Å². The number of aliphatic hydroxyl groups excluding tert-OH is 4. The Labute approximate surface area is 469 Å². The summed E-state index contributed by atoms with van der Waals surface area (Å²) in [5, 5.41) is 64.2. The summed E-state index contributed by atoms with van der Waals surface area (Å²) in [6.07, 6.45) is -4.82. The number of anilines is 2. The third-order valence-electron chi connectivity index (χ3n) is 12.9. The van der Waals surface area contributed by atoms with Gasteiger partial charge in [-0.25, -0.2) is 29.3 Å². The van der Waals surface area contributed by atoms with Gasteiger partial charge in [-0.1, -0.05) is 30.2 Å². The molecule has 6 N–H and O–H groups in total. The molecule has 6 rings (SSSR count). The van der Waals surface area contributed by atoms with Gasteiger partial charge < -0.3 is 78.4 Å². The molecule has 462 valence electrons. The van der Waals surface area contributed by atoms with Crippen LogP contribution in [0.5, 0.6) is 0 Å². The van der Waals surface area contributed by atoms with Gasteiger partial charge in [-0.3, -0.25) is 0 Å². The highest BCUT2D eigenvalue weighted by molar-refractivity contribution is 5.30. The van der Waals surface area contributed by atoms with Gasteiger partial charge >= 0.3 is 12.4 Å². The second-order valence-electron chi connectivity index (χ2n) is 19.4. The van der Waals surface area contributed by atoms with Gasteiger partial charge in [0.1, 0.15) is 48.0 Å². The van der Waals surface area contributed by atoms with Crippen molar-refractivity contribution < 1.29 is 94.1 Å². The molecule has 0 unspecified atom stereocenters. The number of nitrogens with one attached hydrogen (secondary N) is 2. The van der Waals surface area contributed by atoms with E-state index in [9.17, 15) is 46.8 Å². The maximum Gasteiger partial charge on any atom is 0.433 e. The Morgan fingerprint density at radius 2 is 0.890 bits per heavy atom. The fourth-order valence-electron chi connectivity index (χ4n) is 8.38. The molecule has 0 aliphatic carbocycles. The van der Waals surface area contributed by atoms with Crippen molar-refractivity contribution in [2.45, 2.75) is 120 Å². The van der Waals surface area contributed by atoms with Gasteiger partial charge in [0, 0.05) is 24.8 Å². The van der Waals surface area contributed by atoms with Crippen molar-refractivity contribution in [2.75, 3.05) is 130 Å². The topological polar surface area (TPSA) is 310 Å². The van der Waals surface area contributed by atoms with Crippen LogP contribution in [0.1, 0.15) is 55.4 Å². The van der Waals surface area contributed by atoms with Crippen LogP contribution in [-0.4, -0.2) is 238 Å². The molecule has 0 aromatic carbocycles. The highest BCUT2D eigenvalue weighted by Crippen LogP contribution is 2.29. The number of hydrogen-bond donors (Lipinski definition) is 6. The van der Waals surface area contributed by atoms with Crippen molar-refractivity contribution >= 4 is 11.9 Å². The summed E-state index contributed by atoms with van der Waals surface area (Å²) < 4.78 is 137. The quantitative estimate of drug-likeness (QED) is 0.0273. The van der Waals surface area contributed by atoms with Crippen LogP contribution in [0.4, 0.5) is 38.2 Å². The number of rotatable bonds is 40. The minimum absolute atomic E-state index is 0.0327. The Kier molecular flexibility index (Phi) is 28.6. The first-order valence-corrected chi connectivity index (χ1v) is 27.2.